The topological polar surface area (TPSA) is 30.0 Å². The summed E-state index contributed by atoms with van der Waals surface area (Å²) in [6.07, 6.45) is -1.50. The molecule has 0 spiro atoms. The van der Waals surface area contributed by atoms with Crippen LogP contribution in [0.5, 0.6) is 0 Å². The average Bonchev–Trinajstić information content (AvgIpc) is 2.02. The van der Waals surface area contributed by atoms with Gasteiger partial charge >= 0.3 is 0 Å². The van der Waals surface area contributed by atoms with Crippen molar-refractivity contribution in [3.05, 3.63) is 27.1 Å². The molecule has 1 rings (SSSR count). The standard InChI is InChI=1S/C7H3ClF2INO/c8-5(13)4-3(6(9)10)1-2-12-7(4)11/h1-2,6H. The van der Waals surface area contributed by atoms with Crippen LogP contribution in [0, 0.1) is 3.70 Å². The summed E-state index contributed by atoms with van der Waals surface area (Å²) in [7, 11) is 0. The Hall–Kier alpha value is -0.300. The summed E-state index contributed by atoms with van der Waals surface area (Å²) in [5.74, 6) is 0. The second kappa shape index (κ2) is 4.28. The molecule has 6 heteroatoms. The minimum Gasteiger partial charge on any atom is -0.275 e. The Balaban J connectivity index is 3.34. The fraction of sp³-hybridized carbons (Fsp3) is 0.143. The Morgan fingerprint density at radius 1 is 1.62 bits per heavy atom. The quantitative estimate of drug-likeness (QED) is 0.477. The minimum atomic E-state index is -2.71. The highest BCUT2D eigenvalue weighted by molar-refractivity contribution is 14.1. The van der Waals surface area contributed by atoms with Crippen LogP contribution in [-0.4, -0.2) is 10.2 Å². The van der Waals surface area contributed by atoms with Crippen molar-refractivity contribution in [2.45, 2.75) is 6.43 Å². The first kappa shape index (κ1) is 10.8. The molecule has 0 aromatic carbocycles. The van der Waals surface area contributed by atoms with Crippen molar-refractivity contribution >= 4 is 39.4 Å². The Labute approximate surface area is 91.4 Å². The fourth-order valence-electron chi connectivity index (χ4n) is 0.826. The Morgan fingerprint density at radius 2 is 2.23 bits per heavy atom. The molecule has 1 aromatic heterocycles. The molecule has 0 amide bonds. The second-order valence-electron chi connectivity index (χ2n) is 2.14. The molecule has 0 aliphatic carbocycles. The zero-order valence-corrected chi connectivity index (χ0v) is 9.01. The smallest absolute Gasteiger partial charge is 0.264 e. The van der Waals surface area contributed by atoms with Crippen LogP contribution >= 0.6 is 34.2 Å². The van der Waals surface area contributed by atoms with Gasteiger partial charge in [-0.1, -0.05) is 0 Å². The molecule has 1 heterocycles. The van der Waals surface area contributed by atoms with Crippen molar-refractivity contribution in [2.75, 3.05) is 0 Å². The monoisotopic (exact) mass is 317 g/mol. The van der Waals surface area contributed by atoms with Gasteiger partial charge in [-0.25, -0.2) is 13.8 Å². The van der Waals surface area contributed by atoms with E-state index < -0.39 is 11.7 Å². The van der Waals surface area contributed by atoms with E-state index in [4.69, 9.17) is 11.6 Å². The molecule has 2 nitrogen and oxygen atoms in total. The lowest BCUT2D eigenvalue weighted by molar-refractivity contribution is 0.106. The average molecular weight is 317 g/mol. The number of rotatable bonds is 2. The van der Waals surface area contributed by atoms with Gasteiger partial charge in [0, 0.05) is 11.8 Å². The predicted octanol–water partition coefficient (Wildman–Crippen LogP) is 3.00. The fourth-order valence-corrected chi connectivity index (χ4v) is 1.90. The van der Waals surface area contributed by atoms with Crippen LogP contribution in [0.15, 0.2) is 12.3 Å². The summed E-state index contributed by atoms with van der Waals surface area (Å²) >= 11 is 6.83. The number of alkyl halides is 2. The molecule has 13 heavy (non-hydrogen) atoms. The maximum absolute atomic E-state index is 12.3. The highest BCUT2D eigenvalue weighted by Gasteiger charge is 2.20. The lowest BCUT2D eigenvalue weighted by Gasteiger charge is -2.05. The van der Waals surface area contributed by atoms with E-state index in [-0.39, 0.29) is 14.8 Å². The largest absolute Gasteiger partial charge is 0.275 e. The summed E-state index contributed by atoms with van der Waals surface area (Å²) < 4.78 is 24.8. The first-order valence-corrected chi connectivity index (χ1v) is 4.62. The molecule has 0 bridgehead atoms. The number of pyridine rings is 1. The molecule has 0 unspecified atom stereocenters. The van der Waals surface area contributed by atoms with Gasteiger partial charge in [0.1, 0.15) is 3.70 Å². The maximum Gasteiger partial charge on any atom is 0.264 e. The lowest BCUT2D eigenvalue weighted by Crippen LogP contribution is -2.03. The number of carbonyl (C=O) groups is 1. The van der Waals surface area contributed by atoms with E-state index in [1.807, 2.05) is 0 Å². The van der Waals surface area contributed by atoms with Gasteiger partial charge in [0.2, 0.25) is 0 Å². The first-order valence-electron chi connectivity index (χ1n) is 3.16. The van der Waals surface area contributed by atoms with E-state index in [2.05, 4.69) is 4.98 Å². The first-order chi connectivity index (χ1) is 6.04. The summed E-state index contributed by atoms with van der Waals surface area (Å²) in [6.45, 7) is 0. The number of nitrogens with zero attached hydrogens (tertiary/aromatic N) is 1. The molecule has 0 saturated carbocycles. The number of halogens is 4. The van der Waals surface area contributed by atoms with E-state index in [0.717, 1.165) is 6.07 Å². The van der Waals surface area contributed by atoms with Gasteiger partial charge in [-0.15, -0.1) is 0 Å². The van der Waals surface area contributed by atoms with Gasteiger partial charge in [0.15, 0.2) is 0 Å². The van der Waals surface area contributed by atoms with E-state index in [9.17, 15) is 13.6 Å². The molecule has 0 atom stereocenters. The number of hydrogen-bond donors (Lipinski definition) is 0. The Kier molecular flexibility index (Phi) is 3.55. The molecular weight excluding hydrogens is 314 g/mol. The van der Waals surface area contributed by atoms with Gasteiger partial charge in [-0.3, -0.25) is 4.79 Å². The van der Waals surface area contributed by atoms with Crippen LogP contribution in [0.3, 0.4) is 0 Å². The zero-order chi connectivity index (χ0) is 10.0. The summed E-state index contributed by atoms with van der Waals surface area (Å²) in [6, 6.07) is 1.09. The highest BCUT2D eigenvalue weighted by atomic mass is 127. The van der Waals surface area contributed by atoms with E-state index in [1.54, 1.807) is 22.6 Å². The van der Waals surface area contributed by atoms with Gasteiger partial charge < -0.3 is 0 Å². The van der Waals surface area contributed by atoms with Crippen LogP contribution in [0.25, 0.3) is 0 Å². The summed E-state index contributed by atoms with van der Waals surface area (Å²) in [5.41, 5.74) is -0.584. The van der Waals surface area contributed by atoms with Crippen LogP contribution in [0.1, 0.15) is 22.3 Å². The van der Waals surface area contributed by atoms with Crippen molar-refractivity contribution in [3.63, 3.8) is 0 Å². The molecule has 0 radical (unpaired) electrons. The third-order valence-electron chi connectivity index (χ3n) is 1.37. The van der Waals surface area contributed by atoms with Crippen LogP contribution < -0.4 is 0 Å². The zero-order valence-electron chi connectivity index (χ0n) is 6.10. The molecule has 0 aliphatic heterocycles. The van der Waals surface area contributed by atoms with E-state index >= 15 is 0 Å². The lowest BCUT2D eigenvalue weighted by atomic mass is 10.1. The maximum atomic E-state index is 12.3. The van der Waals surface area contributed by atoms with Crippen molar-refractivity contribution < 1.29 is 13.6 Å². The van der Waals surface area contributed by atoms with Gasteiger partial charge in [0.05, 0.1) is 5.56 Å². The van der Waals surface area contributed by atoms with Gasteiger partial charge in [0.25, 0.3) is 11.7 Å². The summed E-state index contributed by atoms with van der Waals surface area (Å²) in [4.78, 5) is 14.5. The van der Waals surface area contributed by atoms with Gasteiger partial charge in [-0.2, -0.15) is 0 Å². The Bertz CT molecular complexity index is 345. The molecule has 0 fully saturated rings. The number of aromatic nitrogens is 1. The second-order valence-corrected chi connectivity index (χ2v) is 3.51. The van der Waals surface area contributed by atoms with Crippen molar-refractivity contribution in [3.8, 4) is 0 Å². The highest BCUT2D eigenvalue weighted by Crippen LogP contribution is 2.26. The molecular formula is C7H3ClF2INO. The normalized spacial score (nSPS) is 10.5. The van der Waals surface area contributed by atoms with Crippen LogP contribution in [0.2, 0.25) is 0 Å². The van der Waals surface area contributed by atoms with Crippen molar-refractivity contribution in [1.29, 1.82) is 0 Å². The molecule has 0 saturated heterocycles. The Morgan fingerprint density at radius 3 is 2.62 bits per heavy atom. The molecule has 1 aromatic rings. The van der Waals surface area contributed by atoms with E-state index in [0.29, 0.717) is 0 Å². The minimum absolute atomic E-state index is 0.190. The predicted molar refractivity (Wildman–Crippen MR) is 52.1 cm³/mol. The van der Waals surface area contributed by atoms with Crippen LogP contribution in [-0.2, 0) is 0 Å². The van der Waals surface area contributed by atoms with Gasteiger partial charge in [-0.05, 0) is 40.3 Å². The van der Waals surface area contributed by atoms with Crippen molar-refractivity contribution in [1.82, 2.24) is 4.98 Å². The molecule has 70 valence electrons. The third kappa shape index (κ3) is 2.34. The molecule has 0 N–H and O–H groups in total. The third-order valence-corrected chi connectivity index (χ3v) is 2.38. The summed E-state index contributed by atoms with van der Waals surface area (Å²) in [5, 5.41) is -0.909. The SMILES string of the molecule is O=C(Cl)c1c(C(F)F)ccnc1I. The van der Waals surface area contributed by atoms with Crippen LogP contribution in [0.4, 0.5) is 8.78 Å². The molecule has 0 aliphatic rings. The van der Waals surface area contributed by atoms with E-state index in [1.165, 1.54) is 6.20 Å². The number of hydrogen-bond acceptors (Lipinski definition) is 2. The van der Waals surface area contributed by atoms with Crippen molar-refractivity contribution in [2.24, 2.45) is 0 Å². The number of carbonyl (C=O) groups excluding carboxylic acids is 1.